The predicted octanol–water partition coefficient (Wildman–Crippen LogP) is 2.80. The molecule has 1 aromatic rings. The first-order valence-corrected chi connectivity index (χ1v) is 6.47. The summed E-state index contributed by atoms with van der Waals surface area (Å²) in [7, 11) is 2.14. The van der Waals surface area contributed by atoms with Gasteiger partial charge in [-0.2, -0.15) is 0 Å². The Morgan fingerprint density at radius 1 is 1.18 bits per heavy atom. The van der Waals surface area contributed by atoms with Crippen LogP contribution in [0, 0.1) is 12.8 Å². The third-order valence-electron chi connectivity index (χ3n) is 2.89. The number of nitrogens with zero attached hydrogens (tertiary/aromatic N) is 1. The quantitative estimate of drug-likeness (QED) is 0.820. The van der Waals surface area contributed by atoms with Crippen LogP contribution >= 0.6 is 0 Å². The predicted molar refractivity (Wildman–Crippen MR) is 74.9 cm³/mol. The van der Waals surface area contributed by atoms with Gasteiger partial charge in [0.25, 0.3) is 0 Å². The van der Waals surface area contributed by atoms with E-state index in [0.717, 1.165) is 19.5 Å². The zero-order valence-electron chi connectivity index (χ0n) is 11.6. The fourth-order valence-electron chi connectivity index (χ4n) is 2.15. The molecule has 17 heavy (non-hydrogen) atoms. The van der Waals surface area contributed by atoms with Crippen LogP contribution in [-0.2, 0) is 6.54 Å². The molecule has 2 N–H and O–H groups in total. The van der Waals surface area contributed by atoms with E-state index < -0.39 is 0 Å². The van der Waals surface area contributed by atoms with Crippen LogP contribution < -0.4 is 5.73 Å². The molecular weight excluding hydrogens is 208 g/mol. The Balaban J connectivity index is 2.38. The standard InChI is InChI=1S/C15H26N2/c1-12(2)9-15(16)11-17(4)10-14-7-5-13(3)6-8-14/h5-8,12,15H,9-11,16H2,1-4H3. The van der Waals surface area contributed by atoms with Crippen LogP contribution in [-0.4, -0.2) is 24.5 Å². The molecule has 1 atom stereocenters. The summed E-state index contributed by atoms with van der Waals surface area (Å²) in [4.78, 5) is 2.30. The molecule has 0 amide bonds. The van der Waals surface area contributed by atoms with Crippen LogP contribution in [0.15, 0.2) is 24.3 Å². The molecule has 0 spiro atoms. The van der Waals surface area contributed by atoms with E-state index in [1.807, 2.05) is 0 Å². The molecule has 96 valence electrons. The summed E-state index contributed by atoms with van der Waals surface area (Å²) < 4.78 is 0. The normalized spacial score (nSPS) is 13.4. The largest absolute Gasteiger partial charge is 0.327 e. The molecule has 0 saturated heterocycles. The number of hydrogen-bond donors (Lipinski definition) is 1. The van der Waals surface area contributed by atoms with Gasteiger partial charge in [0.1, 0.15) is 0 Å². The van der Waals surface area contributed by atoms with Gasteiger partial charge in [0, 0.05) is 19.1 Å². The third-order valence-corrected chi connectivity index (χ3v) is 2.89. The van der Waals surface area contributed by atoms with Gasteiger partial charge >= 0.3 is 0 Å². The first kappa shape index (κ1) is 14.2. The Morgan fingerprint density at radius 3 is 2.29 bits per heavy atom. The average Bonchev–Trinajstić information content (AvgIpc) is 2.19. The summed E-state index contributed by atoms with van der Waals surface area (Å²) >= 11 is 0. The molecule has 1 unspecified atom stereocenters. The van der Waals surface area contributed by atoms with Gasteiger partial charge in [0.15, 0.2) is 0 Å². The van der Waals surface area contributed by atoms with Crippen LogP contribution in [0.2, 0.25) is 0 Å². The Labute approximate surface area is 106 Å². The van der Waals surface area contributed by atoms with Crippen LogP contribution in [0.3, 0.4) is 0 Å². The Bertz CT molecular complexity index is 316. The molecule has 1 rings (SSSR count). The second-order valence-corrected chi connectivity index (χ2v) is 5.57. The number of aryl methyl sites for hydroxylation is 1. The molecule has 0 saturated carbocycles. The van der Waals surface area contributed by atoms with E-state index in [-0.39, 0.29) is 6.04 Å². The van der Waals surface area contributed by atoms with Crippen molar-refractivity contribution < 1.29 is 0 Å². The van der Waals surface area contributed by atoms with Crippen molar-refractivity contribution in [2.45, 2.75) is 39.8 Å². The number of benzene rings is 1. The third kappa shape index (κ3) is 5.85. The lowest BCUT2D eigenvalue weighted by Gasteiger charge is -2.22. The summed E-state index contributed by atoms with van der Waals surface area (Å²) in [6.07, 6.45) is 1.10. The molecule has 0 aromatic heterocycles. The van der Waals surface area contributed by atoms with Crippen molar-refractivity contribution >= 4 is 0 Å². The van der Waals surface area contributed by atoms with Gasteiger partial charge in [-0.05, 0) is 31.9 Å². The van der Waals surface area contributed by atoms with Crippen LogP contribution in [0.25, 0.3) is 0 Å². The van der Waals surface area contributed by atoms with E-state index in [4.69, 9.17) is 5.73 Å². The Kier molecular flexibility index (Phi) is 5.66. The molecule has 1 aromatic carbocycles. The van der Waals surface area contributed by atoms with E-state index in [1.165, 1.54) is 11.1 Å². The molecule has 0 bridgehead atoms. The van der Waals surface area contributed by atoms with Crippen molar-refractivity contribution in [2.75, 3.05) is 13.6 Å². The van der Waals surface area contributed by atoms with Crippen LogP contribution in [0.5, 0.6) is 0 Å². The minimum Gasteiger partial charge on any atom is -0.327 e. The van der Waals surface area contributed by atoms with Crippen molar-refractivity contribution in [1.82, 2.24) is 4.90 Å². The fraction of sp³-hybridized carbons (Fsp3) is 0.600. The average molecular weight is 234 g/mol. The summed E-state index contributed by atoms with van der Waals surface area (Å²) in [5.41, 5.74) is 8.78. The van der Waals surface area contributed by atoms with Gasteiger partial charge in [-0.25, -0.2) is 0 Å². The van der Waals surface area contributed by atoms with Gasteiger partial charge in [-0.3, -0.25) is 0 Å². The summed E-state index contributed by atoms with van der Waals surface area (Å²) in [5, 5.41) is 0. The molecule has 0 heterocycles. The maximum atomic E-state index is 6.11. The molecule has 2 heteroatoms. The summed E-state index contributed by atoms with van der Waals surface area (Å²) in [6, 6.07) is 9.00. The van der Waals surface area contributed by atoms with E-state index in [1.54, 1.807) is 0 Å². The van der Waals surface area contributed by atoms with E-state index in [2.05, 4.69) is 57.0 Å². The van der Waals surface area contributed by atoms with Crippen LogP contribution in [0.1, 0.15) is 31.4 Å². The molecule has 0 aliphatic carbocycles. The van der Waals surface area contributed by atoms with Gasteiger partial charge < -0.3 is 10.6 Å². The van der Waals surface area contributed by atoms with Crippen molar-refractivity contribution in [3.63, 3.8) is 0 Å². The Morgan fingerprint density at radius 2 is 1.76 bits per heavy atom. The highest BCUT2D eigenvalue weighted by Gasteiger charge is 2.09. The molecule has 0 aliphatic rings. The topological polar surface area (TPSA) is 29.3 Å². The van der Waals surface area contributed by atoms with E-state index in [9.17, 15) is 0 Å². The maximum Gasteiger partial charge on any atom is 0.0231 e. The summed E-state index contributed by atoms with van der Waals surface area (Å²) in [5.74, 6) is 0.678. The maximum absolute atomic E-state index is 6.11. The van der Waals surface area contributed by atoms with E-state index >= 15 is 0 Å². The van der Waals surface area contributed by atoms with Gasteiger partial charge in [-0.1, -0.05) is 43.7 Å². The lowest BCUT2D eigenvalue weighted by molar-refractivity contribution is 0.287. The smallest absolute Gasteiger partial charge is 0.0231 e. The number of nitrogens with two attached hydrogens (primary N) is 1. The fourth-order valence-corrected chi connectivity index (χ4v) is 2.15. The minimum absolute atomic E-state index is 0.283. The molecule has 2 nitrogen and oxygen atoms in total. The summed E-state index contributed by atoms with van der Waals surface area (Å²) in [6.45, 7) is 8.50. The van der Waals surface area contributed by atoms with Gasteiger partial charge in [0.05, 0.1) is 0 Å². The van der Waals surface area contributed by atoms with E-state index in [0.29, 0.717) is 5.92 Å². The van der Waals surface area contributed by atoms with Crippen molar-refractivity contribution in [1.29, 1.82) is 0 Å². The molecule has 0 aliphatic heterocycles. The van der Waals surface area contributed by atoms with Gasteiger partial charge in [0.2, 0.25) is 0 Å². The monoisotopic (exact) mass is 234 g/mol. The van der Waals surface area contributed by atoms with Crippen LogP contribution in [0.4, 0.5) is 0 Å². The van der Waals surface area contributed by atoms with Crippen molar-refractivity contribution in [3.8, 4) is 0 Å². The number of hydrogen-bond acceptors (Lipinski definition) is 2. The van der Waals surface area contributed by atoms with Crippen molar-refractivity contribution in [2.24, 2.45) is 11.7 Å². The zero-order chi connectivity index (χ0) is 12.8. The molecular formula is C15H26N2. The highest BCUT2D eigenvalue weighted by molar-refractivity contribution is 5.21. The molecule has 0 fully saturated rings. The number of likely N-dealkylation sites (N-methyl/N-ethyl adjacent to an activating group) is 1. The highest BCUT2D eigenvalue weighted by Crippen LogP contribution is 2.08. The first-order chi connectivity index (χ1) is 7.97. The highest BCUT2D eigenvalue weighted by atomic mass is 15.1. The second-order valence-electron chi connectivity index (χ2n) is 5.57. The Hall–Kier alpha value is -0.860. The lowest BCUT2D eigenvalue weighted by atomic mass is 10.0. The minimum atomic E-state index is 0.283. The molecule has 0 radical (unpaired) electrons. The SMILES string of the molecule is Cc1ccc(CN(C)CC(N)CC(C)C)cc1. The zero-order valence-corrected chi connectivity index (χ0v) is 11.6. The van der Waals surface area contributed by atoms with Gasteiger partial charge in [-0.15, -0.1) is 0 Å². The lowest BCUT2D eigenvalue weighted by Crippen LogP contribution is -2.35. The van der Waals surface area contributed by atoms with Crippen molar-refractivity contribution in [3.05, 3.63) is 35.4 Å². The second kappa shape index (κ2) is 6.77. The first-order valence-electron chi connectivity index (χ1n) is 6.47. The number of rotatable bonds is 6.